The standard InChI is InChI=1S/C23H28N2O2S/c1-17(23(27)25-15-16-28-21-10-6-5-9-20(21)25)24-13-11-19(12-14-24)22(26)18-7-3-2-4-8-18/h2-10,17,19,22,26H,11-16H2,1H3. The lowest BCUT2D eigenvalue weighted by atomic mass is 9.87. The highest BCUT2D eigenvalue weighted by Gasteiger charge is 2.33. The molecule has 2 atom stereocenters. The highest BCUT2D eigenvalue weighted by Crippen LogP contribution is 2.36. The van der Waals surface area contributed by atoms with Crippen molar-refractivity contribution in [3.05, 3.63) is 60.2 Å². The van der Waals surface area contributed by atoms with Crippen LogP contribution in [0, 0.1) is 5.92 Å². The van der Waals surface area contributed by atoms with Gasteiger partial charge in [0.05, 0.1) is 17.8 Å². The zero-order valence-corrected chi connectivity index (χ0v) is 17.1. The topological polar surface area (TPSA) is 43.8 Å². The number of thioether (sulfide) groups is 1. The van der Waals surface area contributed by atoms with E-state index in [4.69, 9.17) is 0 Å². The molecule has 148 valence electrons. The van der Waals surface area contributed by atoms with E-state index in [0.717, 1.165) is 49.5 Å². The summed E-state index contributed by atoms with van der Waals surface area (Å²) in [6, 6.07) is 18.0. The molecule has 28 heavy (non-hydrogen) atoms. The highest BCUT2D eigenvalue weighted by molar-refractivity contribution is 7.99. The molecule has 4 rings (SSSR count). The van der Waals surface area contributed by atoms with E-state index >= 15 is 0 Å². The maximum Gasteiger partial charge on any atom is 0.244 e. The summed E-state index contributed by atoms with van der Waals surface area (Å²) in [5, 5.41) is 10.7. The van der Waals surface area contributed by atoms with Crippen LogP contribution in [0.25, 0.3) is 0 Å². The number of carbonyl (C=O) groups is 1. The van der Waals surface area contributed by atoms with Crippen molar-refractivity contribution < 1.29 is 9.90 Å². The molecular formula is C23H28N2O2S. The van der Waals surface area contributed by atoms with Crippen LogP contribution in [0.3, 0.4) is 0 Å². The van der Waals surface area contributed by atoms with Crippen LogP contribution >= 0.6 is 11.8 Å². The molecule has 2 aromatic rings. The van der Waals surface area contributed by atoms with Gasteiger partial charge in [0.15, 0.2) is 0 Å². The number of aliphatic hydroxyl groups is 1. The molecule has 0 radical (unpaired) electrons. The predicted octanol–water partition coefficient (Wildman–Crippen LogP) is 3.96. The fourth-order valence-corrected chi connectivity index (χ4v) is 5.32. The Morgan fingerprint density at radius 2 is 1.71 bits per heavy atom. The molecule has 0 spiro atoms. The van der Waals surface area contributed by atoms with Crippen LogP contribution in [0.1, 0.15) is 31.4 Å². The van der Waals surface area contributed by atoms with Gasteiger partial charge in [-0.3, -0.25) is 9.69 Å². The van der Waals surface area contributed by atoms with Gasteiger partial charge in [0.2, 0.25) is 5.91 Å². The van der Waals surface area contributed by atoms with E-state index < -0.39 is 6.10 Å². The third kappa shape index (κ3) is 3.97. The second kappa shape index (κ2) is 8.68. The number of para-hydroxylation sites is 1. The first-order chi connectivity index (χ1) is 13.6. The van der Waals surface area contributed by atoms with E-state index in [0.29, 0.717) is 0 Å². The average Bonchev–Trinajstić information content (AvgIpc) is 2.78. The maximum atomic E-state index is 13.2. The fourth-order valence-electron chi connectivity index (χ4n) is 4.33. The number of likely N-dealkylation sites (tertiary alicyclic amines) is 1. The Balaban J connectivity index is 1.38. The number of amides is 1. The van der Waals surface area contributed by atoms with Gasteiger partial charge in [-0.25, -0.2) is 0 Å². The number of benzene rings is 2. The van der Waals surface area contributed by atoms with Crippen LogP contribution in [0.15, 0.2) is 59.5 Å². The first-order valence-electron chi connectivity index (χ1n) is 10.2. The van der Waals surface area contributed by atoms with Crippen molar-refractivity contribution in [1.29, 1.82) is 0 Å². The van der Waals surface area contributed by atoms with Crippen LogP contribution in [-0.4, -0.2) is 47.3 Å². The van der Waals surface area contributed by atoms with Gasteiger partial charge in [-0.1, -0.05) is 42.5 Å². The number of anilines is 1. The maximum absolute atomic E-state index is 13.2. The SMILES string of the molecule is CC(C(=O)N1CCSc2ccccc21)N1CCC(C(O)c2ccccc2)CC1. The summed E-state index contributed by atoms with van der Waals surface area (Å²) in [4.78, 5) is 18.7. The molecule has 1 amide bonds. The monoisotopic (exact) mass is 396 g/mol. The Labute approximate surface area is 171 Å². The summed E-state index contributed by atoms with van der Waals surface area (Å²) in [6.07, 6.45) is 1.42. The van der Waals surface area contributed by atoms with E-state index in [-0.39, 0.29) is 17.9 Å². The van der Waals surface area contributed by atoms with Crippen LogP contribution < -0.4 is 4.90 Å². The van der Waals surface area contributed by atoms with Gasteiger partial charge in [0.25, 0.3) is 0 Å². The second-order valence-corrected chi connectivity index (χ2v) is 8.85. The minimum atomic E-state index is -0.416. The van der Waals surface area contributed by atoms with Crippen molar-refractivity contribution in [3.8, 4) is 0 Å². The van der Waals surface area contributed by atoms with E-state index in [1.807, 2.05) is 66.1 Å². The van der Waals surface area contributed by atoms with Crippen LogP contribution in [0.2, 0.25) is 0 Å². The first-order valence-corrected chi connectivity index (χ1v) is 11.1. The number of aliphatic hydroxyl groups excluding tert-OH is 1. The minimum absolute atomic E-state index is 0.133. The Kier molecular flexibility index (Phi) is 6.04. The van der Waals surface area contributed by atoms with Gasteiger partial charge < -0.3 is 10.0 Å². The lowest BCUT2D eigenvalue weighted by Gasteiger charge is -2.39. The van der Waals surface area contributed by atoms with Gasteiger partial charge >= 0.3 is 0 Å². The van der Waals surface area contributed by atoms with Crippen LogP contribution in [0.4, 0.5) is 5.69 Å². The molecule has 0 aliphatic carbocycles. The lowest BCUT2D eigenvalue weighted by Crippen LogP contribution is -2.51. The molecule has 1 saturated heterocycles. The molecule has 2 aliphatic rings. The molecule has 2 unspecified atom stereocenters. The van der Waals surface area contributed by atoms with Crippen molar-refractivity contribution >= 4 is 23.4 Å². The van der Waals surface area contributed by atoms with Gasteiger partial charge in [-0.2, -0.15) is 0 Å². The summed E-state index contributed by atoms with van der Waals surface area (Å²) < 4.78 is 0. The van der Waals surface area contributed by atoms with Crippen molar-refractivity contribution in [3.63, 3.8) is 0 Å². The summed E-state index contributed by atoms with van der Waals surface area (Å²) >= 11 is 1.82. The quantitative estimate of drug-likeness (QED) is 0.850. The van der Waals surface area contributed by atoms with E-state index in [1.165, 1.54) is 4.90 Å². The van der Waals surface area contributed by atoms with Crippen molar-refractivity contribution in [2.75, 3.05) is 30.3 Å². The number of hydrogen-bond acceptors (Lipinski definition) is 4. The van der Waals surface area contributed by atoms with Gasteiger partial charge in [0, 0.05) is 17.2 Å². The normalized spacial score (nSPS) is 20.4. The number of fused-ring (bicyclic) bond motifs is 1. The fraction of sp³-hybridized carbons (Fsp3) is 0.435. The highest BCUT2D eigenvalue weighted by atomic mass is 32.2. The summed E-state index contributed by atoms with van der Waals surface area (Å²) in [6.45, 7) is 4.51. The third-order valence-electron chi connectivity index (χ3n) is 6.06. The Morgan fingerprint density at radius 1 is 1.04 bits per heavy atom. The smallest absolute Gasteiger partial charge is 0.244 e. The largest absolute Gasteiger partial charge is 0.388 e. The number of piperidine rings is 1. The molecule has 4 nitrogen and oxygen atoms in total. The molecule has 0 bridgehead atoms. The average molecular weight is 397 g/mol. The molecular weight excluding hydrogens is 368 g/mol. The summed E-state index contributed by atoms with van der Waals surface area (Å²) in [5.74, 6) is 1.39. The van der Waals surface area contributed by atoms with E-state index in [1.54, 1.807) is 0 Å². The van der Waals surface area contributed by atoms with Crippen LogP contribution in [0.5, 0.6) is 0 Å². The predicted molar refractivity (Wildman–Crippen MR) is 115 cm³/mol. The van der Waals surface area contributed by atoms with Gasteiger partial charge in [-0.05, 0) is 56.5 Å². The van der Waals surface area contributed by atoms with E-state index in [9.17, 15) is 9.90 Å². The molecule has 2 aromatic carbocycles. The number of carbonyl (C=O) groups excluding carboxylic acids is 1. The Bertz CT molecular complexity index is 805. The zero-order chi connectivity index (χ0) is 19.5. The Morgan fingerprint density at radius 3 is 2.46 bits per heavy atom. The molecule has 5 heteroatoms. The number of rotatable bonds is 4. The molecule has 1 N–H and O–H groups in total. The molecule has 0 aromatic heterocycles. The first kappa shape index (κ1) is 19.5. The van der Waals surface area contributed by atoms with Gasteiger partial charge in [-0.15, -0.1) is 11.8 Å². The van der Waals surface area contributed by atoms with Crippen LogP contribution in [-0.2, 0) is 4.79 Å². The zero-order valence-electron chi connectivity index (χ0n) is 16.3. The Hall–Kier alpha value is -1.82. The molecule has 2 heterocycles. The van der Waals surface area contributed by atoms with Crippen molar-refractivity contribution in [2.45, 2.75) is 36.8 Å². The third-order valence-corrected chi connectivity index (χ3v) is 7.10. The number of hydrogen-bond donors (Lipinski definition) is 1. The van der Waals surface area contributed by atoms with Crippen molar-refractivity contribution in [2.24, 2.45) is 5.92 Å². The summed E-state index contributed by atoms with van der Waals surface area (Å²) in [5.41, 5.74) is 2.04. The molecule has 0 saturated carbocycles. The lowest BCUT2D eigenvalue weighted by molar-refractivity contribution is -0.124. The summed E-state index contributed by atoms with van der Waals surface area (Å²) in [7, 11) is 0. The molecule has 1 fully saturated rings. The number of nitrogens with zero attached hydrogens (tertiary/aromatic N) is 2. The second-order valence-electron chi connectivity index (χ2n) is 7.71. The van der Waals surface area contributed by atoms with Crippen molar-refractivity contribution in [1.82, 2.24) is 4.90 Å². The minimum Gasteiger partial charge on any atom is -0.388 e. The van der Waals surface area contributed by atoms with E-state index in [2.05, 4.69) is 17.0 Å². The van der Waals surface area contributed by atoms with Gasteiger partial charge in [0.1, 0.15) is 0 Å². The molecule has 2 aliphatic heterocycles.